The van der Waals surface area contributed by atoms with Crippen molar-refractivity contribution in [1.82, 2.24) is 0 Å². The zero-order valence-corrected chi connectivity index (χ0v) is 8.87. The van der Waals surface area contributed by atoms with E-state index in [0.717, 1.165) is 0 Å². The molecule has 0 atom stereocenters. The van der Waals surface area contributed by atoms with Gasteiger partial charge in [0.25, 0.3) is 0 Å². The van der Waals surface area contributed by atoms with E-state index in [2.05, 4.69) is 0 Å². The summed E-state index contributed by atoms with van der Waals surface area (Å²) in [6, 6.07) is 0. The van der Waals surface area contributed by atoms with E-state index < -0.39 is 0 Å². The molecule has 0 aromatic heterocycles. The molecule has 0 aromatic carbocycles. The molecule has 0 unspecified atom stereocenters. The zero-order chi connectivity index (χ0) is 4.00. The van der Waals surface area contributed by atoms with Crippen molar-refractivity contribution in [1.29, 1.82) is 0 Å². The van der Waals surface area contributed by atoms with Crippen LogP contribution in [0.2, 0.25) is 0 Å². The van der Waals surface area contributed by atoms with Crippen LogP contribution in [0.15, 0.2) is 0 Å². The third-order valence-electron chi connectivity index (χ3n) is 0. The standard InChI is InChI=1S/Ce.Fe.2O.Zr. The van der Waals surface area contributed by atoms with Crippen LogP contribution in [0.3, 0.4) is 0 Å². The Bertz CT molecular complexity index is 11.6. The molecular formula is CeFeO2Zr. The molecule has 0 aliphatic heterocycles. The van der Waals surface area contributed by atoms with Crippen LogP contribution in [0, 0.1) is 39.8 Å². The van der Waals surface area contributed by atoms with Gasteiger partial charge in [-0.2, -0.15) is 0 Å². The Morgan fingerprint density at radius 1 is 1.20 bits per heavy atom. The van der Waals surface area contributed by atoms with E-state index in [1.54, 1.807) is 0 Å². The fraction of sp³-hybridized carbons (Fsp3) is 0. The topological polar surface area (TPSA) is 34.1 Å². The van der Waals surface area contributed by atoms with Crippen molar-refractivity contribution >= 4 is 0 Å². The van der Waals surface area contributed by atoms with E-state index in [1.165, 1.54) is 0 Å². The predicted octanol–water partition coefficient (Wildman–Crippen LogP) is -0.243. The van der Waals surface area contributed by atoms with Crippen LogP contribution in [0.4, 0.5) is 0 Å². The quantitative estimate of drug-likeness (QED) is 0.578. The average Bonchev–Trinajstić information content (AvgIpc) is 1.50. The summed E-state index contributed by atoms with van der Waals surface area (Å²) in [4.78, 5) is 0. The smallest absolute Gasteiger partial charge is 0 e. The third-order valence-corrected chi connectivity index (χ3v) is 0. The van der Waals surface area contributed by atoms with E-state index in [1.807, 2.05) is 15.9 Å². The third kappa shape index (κ3) is 21.6. The van der Waals surface area contributed by atoms with Crippen molar-refractivity contribution in [3.8, 4) is 0 Å². The van der Waals surface area contributed by atoms with Gasteiger partial charge in [0, 0.05) is 26.2 Å². The Balaban J connectivity index is -0.0000000133. The van der Waals surface area contributed by atoms with Crippen LogP contribution >= 0.6 is 0 Å². The minimum atomic E-state index is 0. The largest absolute Gasteiger partial charge is 0 e. The second kappa shape index (κ2) is 32.6. The van der Waals surface area contributed by atoms with E-state index in [4.69, 9.17) is 4.77 Å². The van der Waals surface area contributed by atoms with Crippen LogP contribution in [0.1, 0.15) is 0 Å². The normalized spacial score (nSPS) is 1.60. The molecule has 0 amide bonds. The van der Waals surface area contributed by atoms with Gasteiger partial charge in [-0.05, 0) is 0 Å². The number of hydrogen-bond acceptors (Lipinski definition) is 2. The van der Waals surface area contributed by atoms with Crippen molar-refractivity contribution in [2.45, 2.75) is 0 Å². The summed E-state index contributed by atoms with van der Waals surface area (Å²) in [7, 11) is 0. The van der Waals surface area contributed by atoms with Gasteiger partial charge in [-0.15, -0.1) is 0 Å². The maximum absolute atomic E-state index is 8.39. The molecule has 5 heavy (non-hydrogen) atoms. The first-order chi connectivity index (χ1) is 2.00. The van der Waals surface area contributed by atoms with Crippen molar-refractivity contribution < 1.29 is 86.7 Å². The monoisotopic (exact) mass is 318 g/mol. The molecule has 0 fully saturated rings. The van der Waals surface area contributed by atoms with E-state index in [-0.39, 0.29) is 66.0 Å². The first-order valence-electron chi connectivity index (χ1n) is 0.348. The van der Waals surface area contributed by atoms with Crippen LogP contribution in [-0.4, -0.2) is 0 Å². The molecule has 0 N–H and O–H groups in total. The summed E-state index contributed by atoms with van der Waals surface area (Å²) >= 11 is 2.06. The molecule has 2 nitrogen and oxygen atoms in total. The molecule has 28 valence electrons. The molecule has 0 rings (SSSR count). The van der Waals surface area contributed by atoms with Gasteiger partial charge in [0.2, 0.25) is 0 Å². The summed E-state index contributed by atoms with van der Waals surface area (Å²) in [5.74, 6) is 0. The van der Waals surface area contributed by atoms with Crippen LogP contribution < -0.4 is 0 Å². The summed E-state index contributed by atoms with van der Waals surface area (Å²) < 4.78 is 16.4. The molecule has 0 saturated carbocycles. The molecular weight excluding hydrogens is 319 g/mol. The maximum Gasteiger partial charge on any atom is 0 e. The summed E-state index contributed by atoms with van der Waals surface area (Å²) in [6.45, 7) is 0. The van der Waals surface area contributed by atoms with Gasteiger partial charge in [0.05, 0.1) is 0 Å². The molecule has 0 aliphatic rings. The van der Waals surface area contributed by atoms with Gasteiger partial charge in [0.15, 0.2) is 0 Å². The van der Waals surface area contributed by atoms with E-state index in [9.17, 15) is 0 Å². The minimum absolute atomic E-state index is 0. The van der Waals surface area contributed by atoms with Crippen LogP contribution in [0.25, 0.3) is 0 Å². The molecule has 0 heterocycles. The van der Waals surface area contributed by atoms with Gasteiger partial charge in [0.1, 0.15) is 0 Å². The molecule has 0 aromatic rings. The van der Waals surface area contributed by atoms with Crippen LogP contribution in [-0.2, 0) is 46.9 Å². The molecule has 0 bridgehead atoms. The SMILES string of the molecule is [O]=[Ce].[O]=[Fe].[Zr]. The van der Waals surface area contributed by atoms with Crippen molar-refractivity contribution in [3.05, 3.63) is 0 Å². The number of rotatable bonds is 0. The molecule has 0 aliphatic carbocycles. The van der Waals surface area contributed by atoms with Crippen molar-refractivity contribution in [3.63, 3.8) is 0 Å². The van der Waals surface area contributed by atoms with Gasteiger partial charge < -0.3 is 0 Å². The van der Waals surface area contributed by atoms with Crippen molar-refractivity contribution in [2.75, 3.05) is 0 Å². The minimum Gasteiger partial charge on any atom is 0 e. The summed E-state index contributed by atoms with van der Waals surface area (Å²) in [5.41, 5.74) is 0. The van der Waals surface area contributed by atoms with Gasteiger partial charge in [-0.25, -0.2) is 0 Å². The first-order valence-corrected chi connectivity index (χ1v) is 2.08. The second-order valence-corrected chi connectivity index (χ2v) is 0. The van der Waals surface area contributed by atoms with Crippen molar-refractivity contribution in [2.24, 2.45) is 0 Å². The molecule has 0 radical (unpaired) electrons. The summed E-state index contributed by atoms with van der Waals surface area (Å²) in [5, 5.41) is 0. The Morgan fingerprint density at radius 2 is 1.20 bits per heavy atom. The number of hydrogen-bond donors (Lipinski definition) is 0. The van der Waals surface area contributed by atoms with Gasteiger partial charge >= 0.3 is 60.5 Å². The Morgan fingerprint density at radius 3 is 1.20 bits per heavy atom. The molecule has 0 spiro atoms. The summed E-state index contributed by atoms with van der Waals surface area (Å²) in [6.07, 6.45) is 0. The molecule has 0 saturated heterocycles. The molecule has 5 heteroatoms. The maximum atomic E-state index is 8.39. The predicted molar refractivity (Wildman–Crippen MR) is 1.37 cm³/mol. The van der Waals surface area contributed by atoms with Gasteiger partial charge in [-0.1, -0.05) is 0 Å². The fourth-order valence-corrected chi connectivity index (χ4v) is 0. The Kier molecular flexibility index (Phi) is 102. The fourth-order valence-electron chi connectivity index (χ4n) is 0. The Labute approximate surface area is 84.8 Å². The average molecular weight is 319 g/mol. The van der Waals surface area contributed by atoms with E-state index >= 15 is 0 Å². The second-order valence-electron chi connectivity index (χ2n) is 0. The zero-order valence-electron chi connectivity index (χ0n) is 2.17. The van der Waals surface area contributed by atoms with Gasteiger partial charge in [-0.3, -0.25) is 0 Å². The first kappa shape index (κ1) is 15.7. The Hall–Kier alpha value is 2.38. The van der Waals surface area contributed by atoms with E-state index in [0.29, 0.717) is 0 Å². The van der Waals surface area contributed by atoms with Crippen LogP contribution in [0.5, 0.6) is 0 Å².